The van der Waals surface area contributed by atoms with E-state index in [0.717, 1.165) is 75.9 Å². The fourth-order valence-electron chi connectivity index (χ4n) is 6.61. The van der Waals surface area contributed by atoms with Crippen LogP contribution in [0.15, 0.2) is 52.3 Å². The van der Waals surface area contributed by atoms with Crippen molar-refractivity contribution in [2.24, 2.45) is 7.05 Å². The average molecular weight is 737 g/mol. The Balaban J connectivity index is 0.925. The third kappa shape index (κ3) is 8.40. The number of pyridine rings is 1. The number of urea groups is 1. The lowest BCUT2D eigenvalue weighted by atomic mass is 10.0. The van der Waals surface area contributed by atoms with Crippen LogP contribution in [-0.4, -0.2) is 59.1 Å². The second kappa shape index (κ2) is 16.5. The number of carbonyl (C=O) groups excluding carboxylic acids is 3. The van der Waals surface area contributed by atoms with Crippen LogP contribution in [0.4, 0.5) is 16.2 Å². The number of carbonyl (C=O) groups is 3. The highest BCUT2D eigenvalue weighted by molar-refractivity contribution is 8.08. The van der Waals surface area contributed by atoms with Crippen LogP contribution in [0.1, 0.15) is 64.0 Å². The van der Waals surface area contributed by atoms with E-state index in [1.807, 2.05) is 84.5 Å². The van der Waals surface area contributed by atoms with Gasteiger partial charge < -0.3 is 26.2 Å². The molecule has 3 unspecified atom stereocenters. The summed E-state index contributed by atoms with van der Waals surface area (Å²) in [5.74, 6) is 0.996. The fourth-order valence-corrected chi connectivity index (χ4v) is 10.7. The van der Waals surface area contributed by atoms with Gasteiger partial charge in [-0.15, -0.1) is 11.3 Å². The molecule has 3 atom stereocenters. The average Bonchev–Trinajstić information content (AvgIpc) is 3.83. The molecule has 0 bridgehead atoms. The zero-order valence-corrected chi connectivity index (χ0v) is 31.3. The maximum absolute atomic E-state index is 13.5. The van der Waals surface area contributed by atoms with Gasteiger partial charge in [-0.1, -0.05) is 24.6 Å². The van der Waals surface area contributed by atoms with Crippen LogP contribution >= 0.6 is 34.9 Å². The van der Waals surface area contributed by atoms with Gasteiger partial charge in [-0.05, 0) is 56.9 Å². The number of unbranched alkanes of at least 4 members (excludes halogenated alkanes) is 3. The topological polar surface area (TPSA) is 128 Å². The highest BCUT2D eigenvalue weighted by atomic mass is 32.2. The summed E-state index contributed by atoms with van der Waals surface area (Å²) < 4.78 is 5.47. The lowest BCUT2D eigenvalue weighted by molar-refractivity contribution is -0.673. The first kappa shape index (κ1) is 36.1. The van der Waals surface area contributed by atoms with Gasteiger partial charge in [-0.25, -0.2) is 9.36 Å². The van der Waals surface area contributed by atoms with Crippen molar-refractivity contribution in [3.63, 3.8) is 0 Å². The number of fused-ring (bicyclic) bond motifs is 2. The van der Waals surface area contributed by atoms with Gasteiger partial charge in [0.1, 0.15) is 21.3 Å². The molecular weight excluding hydrogens is 691 g/mol. The molecule has 0 saturated carbocycles. The number of benzene rings is 1. The molecule has 50 heavy (non-hydrogen) atoms. The first-order chi connectivity index (χ1) is 24.2. The summed E-state index contributed by atoms with van der Waals surface area (Å²) in [6, 6.07) is 12.3. The minimum Gasteiger partial charge on any atom is -0.356 e. The van der Waals surface area contributed by atoms with E-state index in [-0.39, 0.29) is 35.5 Å². The molecule has 1 aromatic carbocycles. The van der Waals surface area contributed by atoms with Crippen molar-refractivity contribution in [3.8, 4) is 0 Å². The van der Waals surface area contributed by atoms with E-state index < -0.39 is 0 Å². The van der Waals surface area contributed by atoms with Crippen molar-refractivity contribution in [2.75, 3.05) is 29.6 Å². The Labute approximate surface area is 305 Å². The van der Waals surface area contributed by atoms with Crippen LogP contribution in [0, 0.1) is 0 Å². The number of hydrogen-bond donors (Lipinski definition) is 4. The number of thioether (sulfide) groups is 2. The van der Waals surface area contributed by atoms with Crippen molar-refractivity contribution in [1.29, 1.82) is 0 Å². The summed E-state index contributed by atoms with van der Waals surface area (Å²) in [4.78, 5) is 53.1. The molecule has 266 valence electrons. The number of aromatic nitrogens is 2. The highest BCUT2D eigenvalue weighted by Gasteiger charge is 2.42. The molecule has 2 fully saturated rings. The van der Waals surface area contributed by atoms with Gasteiger partial charge in [-0.2, -0.15) is 11.8 Å². The number of rotatable bonds is 14. The van der Waals surface area contributed by atoms with E-state index in [1.54, 1.807) is 11.8 Å². The Hall–Kier alpha value is -3.75. The standard InChI is InChI=1S/C36H45N7O4S3/c1-4-43-31(21-24-12-9-11-19-41(24)2)50-33(34(43)46)35-42(3)26-17-16-23(20-28(26)49-35)38-30(45)15-6-5-10-18-37-29(44)14-8-7-13-27-32-25(22-48-27)39-36(47)40-32/h9,11-12,16-17,19-21,25,27,32H,4-8,10,13-15,18,22H2,1-3H3,(H3-,37,38,39,40,44,45,47)/p+1. The second-order valence-electron chi connectivity index (χ2n) is 12.9. The van der Waals surface area contributed by atoms with Crippen LogP contribution in [0.25, 0.3) is 11.1 Å². The molecule has 0 spiro atoms. The van der Waals surface area contributed by atoms with E-state index in [1.165, 1.54) is 11.3 Å². The molecule has 2 saturated heterocycles. The van der Waals surface area contributed by atoms with Gasteiger partial charge >= 0.3 is 6.03 Å². The molecule has 0 aliphatic carbocycles. The van der Waals surface area contributed by atoms with Crippen LogP contribution in [0.2, 0.25) is 0 Å². The van der Waals surface area contributed by atoms with E-state index in [0.29, 0.717) is 35.7 Å². The SMILES string of the molecule is CCn1c(=Cc2cccc[n+]2C)sc(=C2Sc3cc(NC(=O)CCCCCNC(=O)CCCCC4SCC5NC(=O)NC54)ccc3N2C)c1=O. The number of nitrogens with one attached hydrogen (secondary N) is 4. The molecular formula is C36H46N7O4S3+. The van der Waals surface area contributed by atoms with Crippen molar-refractivity contribution >= 4 is 75.2 Å². The van der Waals surface area contributed by atoms with Crippen molar-refractivity contribution in [1.82, 2.24) is 20.5 Å². The molecule has 5 heterocycles. The van der Waals surface area contributed by atoms with Crippen molar-refractivity contribution < 1.29 is 19.0 Å². The molecule has 4 amide bonds. The third-order valence-corrected chi connectivity index (χ3v) is 13.4. The Morgan fingerprint density at radius 1 is 1.04 bits per heavy atom. The number of anilines is 2. The van der Waals surface area contributed by atoms with Crippen LogP contribution in [-0.2, 0) is 23.2 Å². The molecule has 3 aromatic rings. The smallest absolute Gasteiger partial charge is 0.315 e. The monoisotopic (exact) mass is 736 g/mol. The first-order valence-electron chi connectivity index (χ1n) is 17.4. The zero-order valence-electron chi connectivity index (χ0n) is 28.8. The van der Waals surface area contributed by atoms with Gasteiger partial charge in [0.2, 0.25) is 17.5 Å². The van der Waals surface area contributed by atoms with E-state index in [4.69, 9.17) is 0 Å². The lowest BCUT2D eigenvalue weighted by Gasteiger charge is -2.16. The van der Waals surface area contributed by atoms with E-state index in [9.17, 15) is 19.2 Å². The summed E-state index contributed by atoms with van der Waals surface area (Å²) in [5, 5.41) is 13.3. The van der Waals surface area contributed by atoms with E-state index >= 15 is 0 Å². The minimum absolute atomic E-state index is 0.00428. The fraction of sp³-hybridized carbons (Fsp3) is 0.472. The summed E-state index contributed by atoms with van der Waals surface area (Å²) >= 11 is 4.96. The Morgan fingerprint density at radius 2 is 1.86 bits per heavy atom. The predicted molar refractivity (Wildman–Crippen MR) is 203 cm³/mol. The van der Waals surface area contributed by atoms with Gasteiger partial charge in [0, 0.05) is 72.8 Å². The summed E-state index contributed by atoms with van der Waals surface area (Å²) in [6.07, 6.45) is 10.2. The van der Waals surface area contributed by atoms with Gasteiger partial charge in [0.25, 0.3) is 5.56 Å². The zero-order chi connectivity index (χ0) is 35.2. The molecule has 6 rings (SSSR count). The largest absolute Gasteiger partial charge is 0.356 e. The molecule has 0 radical (unpaired) electrons. The van der Waals surface area contributed by atoms with Crippen LogP contribution < -0.4 is 45.5 Å². The summed E-state index contributed by atoms with van der Waals surface area (Å²) in [5.41, 5.74) is 2.76. The third-order valence-electron chi connectivity index (χ3n) is 9.39. The number of aryl methyl sites for hydroxylation is 1. The van der Waals surface area contributed by atoms with Crippen molar-refractivity contribution in [2.45, 2.75) is 87.1 Å². The van der Waals surface area contributed by atoms with Crippen molar-refractivity contribution in [3.05, 3.63) is 67.8 Å². The van der Waals surface area contributed by atoms with Gasteiger partial charge in [0.15, 0.2) is 6.20 Å². The van der Waals surface area contributed by atoms with Gasteiger partial charge in [-0.3, -0.25) is 19.0 Å². The number of amides is 4. The van der Waals surface area contributed by atoms with Crippen LogP contribution in [0.3, 0.4) is 0 Å². The molecule has 4 N–H and O–H groups in total. The molecule has 14 heteroatoms. The number of thiazole rings is 1. The maximum atomic E-state index is 13.5. The second-order valence-corrected chi connectivity index (χ2v) is 16.3. The summed E-state index contributed by atoms with van der Waals surface area (Å²) in [7, 11) is 3.97. The Morgan fingerprint density at radius 3 is 2.68 bits per heavy atom. The quantitative estimate of drug-likeness (QED) is 0.114. The Kier molecular flexibility index (Phi) is 11.9. The minimum atomic E-state index is -0.0621. The molecule has 3 aliphatic heterocycles. The summed E-state index contributed by atoms with van der Waals surface area (Å²) in [6.45, 7) is 3.19. The van der Waals surface area contributed by atoms with Crippen LogP contribution in [0.5, 0.6) is 0 Å². The highest BCUT2D eigenvalue weighted by Crippen LogP contribution is 2.46. The molecule has 3 aliphatic rings. The number of hydrogen-bond acceptors (Lipinski definition) is 8. The Bertz CT molecular complexity index is 1930. The van der Waals surface area contributed by atoms with Gasteiger partial charge in [0.05, 0.1) is 17.8 Å². The predicted octanol–water partition coefficient (Wildman–Crippen LogP) is 3.23. The van der Waals surface area contributed by atoms with E-state index in [2.05, 4.69) is 32.2 Å². The number of nitrogens with zero attached hydrogens (tertiary/aromatic N) is 3. The normalized spacial score (nSPS) is 20.8. The molecule has 2 aromatic heterocycles. The first-order valence-corrected chi connectivity index (χ1v) is 20.1. The lowest BCUT2D eigenvalue weighted by Crippen LogP contribution is -2.36. The molecule has 11 nitrogen and oxygen atoms in total. The maximum Gasteiger partial charge on any atom is 0.315 e.